The Hall–Kier alpha value is -4.01. The SMILES string of the molecule is c1ccc2c(c1)SCCCc1cc3c(cc1-2)c1ccccc1n3-c1ccc2ccc3ccccc3c2c1. The Labute approximate surface area is 220 Å². The van der Waals surface area contributed by atoms with E-state index in [0.29, 0.717) is 0 Å². The van der Waals surface area contributed by atoms with Crippen molar-refractivity contribution in [2.75, 3.05) is 5.75 Å². The first-order valence-electron chi connectivity index (χ1n) is 13.1. The predicted octanol–water partition coefficient (Wildman–Crippen LogP) is 9.80. The molecule has 2 heteroatoms. The van der Waals surface area contributed by atoms with Gasteiger partial charge in [0.2, 0.25) is 0 Å². The Morgan fingerprint density at radius 1 is 0.541 bits per heavy atom. The largest absolute Gasteiger partial charge is 0.309 e. The maximum Gasteiger partial charge on any atom is 0.0544 e. The van der Waals surface area contributed by atoms with Gasteiger partial charge in [0.1, 0.15) is 0 Å². The maximum atomic E-state index is 2.48. The summed E-state index contributed by atoms with van der Waals surface area (Å²) in [4.78, 5) is 1.40. The summed E-state index contributed by atoms with van der Waals surface area (Å²) in [7, 11) is 0. The topological polar surface area (TPSA) is 4.93 Å². The van der Waals surface area contributed by atoms with Gasteiger partial charge in [-0.1, -0.05) is 78.9 Å². The summed E-state index contributed by atoms with van der Waals surface area (Å²) in [6.45, 7) is 0. The number of hydrogen-bond donors (Lipinski definition) is 0. The first-order chi connectivity index (χ1) is 18.3. The minimum Gasteiger partial charge on any atom is -0.309 e. The molecule has 2 heterocycles. The number of rotatable bonds is 1. The van der Waals surface area contributed by atoms with E-state index in [1.807, 2.05) is 11.8 Å². The van der Waals surface area contributed by atoms with Crippen molar-refractivity contribution in [3.05, 3.63) is 121 Å². The van der Waals surface area contributed by atoms with Crippen LogP contribution in [0.3, 0.4) is 0 Å². The van der Waals surface area contributed by atoms with Crippen LogP contribution in [0.15, 0.2) is 120 Å². The summed E-state index contributed by atoms with van der Waals surface area (Å²) in [6.07, 6.45) is 2.30. The van der Waals surface area contributed by atoms with Gasteiger partial charge in [-0.05, 0) is 93.2 Å². The van der Waals surface area contributed by atoms with Gasteiger partial charge in [-0.15, -0.1) is 11.8 Å². The Balaban J connectivity index is 1.46. The van der Waals surface area contributed by atoms with E-state index in [1.165, 1.54) is 77.0 Å². The fraction of sp³-hybridized carbons (Fsp3) is 0.0857. The lowest BCUT2D eigenvalue weighted by Gasteiger charge is -2.18. The van der Waals surface area contributed by atoms with Crippen LogP contribution >= 0.6 is 11.8 Å². The summed E-state index contributed by atoms with van der Waals surface area (Å²) in [5.74, 6) is 1.16. The van der Waals surface area contributed by atoms with Gasteiger partial charge in [-0.25, -0.2) is 0 Å². The molecule has 8 rings (SSSR count). The third-order valence-corrected chi connectivity index (χ3v) is 9.07. The van der Waals surface area contributed by atoms with Crippen LogP contribution in [0.25, 0.3) is 60.2 Å². The zero-order valence-corrected chi connectivity index (χ0v) is 21.3. The minimum absolute atomic E-state index is 1.11. The molecule has 1 aliphatic rings. The molecule has 176 valence electrons. The standard InChI is InChI=1S/C35H25NS/c1-2-10-27-23(8-1)15-16-24-17-18-26(21-30(24)27)36-33-13-5-3-11-28(33)32-22-31-25(20-34(32)36)9-7-19-37-35-14-6-4-12-29(31)35/h1-6,8,10-18,20-22H,7,9,19H2. The molecular formula is C35H25NS. The second-order valence-corrected chi connectivity index (χ2v) is 11.2. The van der Waals surface area contributed by atoms with E-state index in [2.05, 4.69) is 120 Å². The summed E-state index contributed by atoms with van der Waals surface area (Å²) >= 11 is 1.99. The molecule has 0 aliphatic carbocycles. The van der Waals surface area contributed by atoms with Gasteiger partial charge in [0, 0.05) is 21.4 Å². The normalized spacial score (nSPS) is 13.5. The summed E-state index contributed by atoms with van der Waals surface area (Å²) < 4.78 is 2.48. The summed E-state index contributed by atoms with van der Waals surface area (Å²) in [5.41, 5.74) is 8.00. The molecular weight excluding hydrogens is 466 g/mol. The Kier molecular flexibility index (Phi) is 4.71. The van der Waals surface area contributed by atoms with Crippen molar-refractivity contribution in [3.63, 3.8) is 0 Å². The molecule has 0 atom stereocenters. The molecule has 7 aromatic rings. The number of benzene rings is 6. The highest BCUT2D eigenvalue weighted by Gasteiger charge is 2.19. The molecule has 1 aromatic heterocycles. The van der Waals surface area contributed by atoms with Crippen LogP contribution in [0.1, 0.15) is 12.0 Å². The molecule has 0 saturated carbocycles. The molecule has 0 fully saturated rings. The highest BCUT2D eigenvalue weighted by molar-refractivity contribution is 7.99. The summed E-state index contributed by atoms with van der Waals surface area (Å²) in [5, 5.41) is 7.81. The fourth-order valence-electron chi connectivity index (χ4n) is 6.18. The molecule has 37 heavy (non-hydrogen) atoms. The first-order valence-corrected chi connectivity index (χ1v) is 14.0. The van der Waals surface area contributed by atoms with Crippen molar-refractivity contribution in [3.8, 4) is 16.8 Å². The van der Waals surface area contributed by atoms with Gasteiger partial charge in [0.05, 0.1) is 11.0 Å². The van der Waals surface area contributed by atoms with Crippen molar-refractivity contribution in [1.29, 1.82) is 0 Å². The number of para-hydroxylation sites is 1. The minimum atomic E-state index is 1.11. The molecule has 0 saturated heterocycles. The van der Waals surface area contributed by atoms with Crippen molar-refractivity contribution >= 4 is 55.1 Å². The first kappa shape index (κ1) is 21.1. The van der Waals surface area contributed by atoms with Crippen molar-refractivity contribution in [2.24, 2.45) is 0 Å². The molecule has 0 bridgehead atoms. The van der Waals surface area contributed by atoms with Crippen molar-refractivity contribution < 1.29 is 0 Å². The highest BCUT2D eigenvalue weighted by atomic mass is 32.2. The van der Waals surface area contributed by atoms with Crippen LogP contribution in [0.2, 0.25) is 0 Å². The Bertz CT molecular complexity index is 1990. The third-order valence-electron chi connectivity index (χ3n) is 7.91. The van der Waals surface area contributed by atoms with Gasteiger partial charge in [-0.2, -0.15) is 0 Å². The van der Waals surface area contributed by atoms with E-state index < -0.39 is 0 Å². The van der Waals surface area contributed by atoms with Crippen LogP contribution in [0, 0.1) is 0 Å². The van der Waals surface area contributed by atoms with Crippen LogP contribution in [-0.4, -0.2) is 10.3 Å². The third kappa shape index (κ3) is 3.26. The molecule has 1 aliphatic heterocycles. The number of thioether (sulfide) groups is 1. The molecule has 0 spiro atoms. The van der Waals surface area contributed by atoms with Crippen LogP contribution < -0.4 is 0 Å². The monoisotopic (exact) mass is 491 g/mol. The number of nitrogens with zero attached hydrogens (tertiary/aromatic N) is 1. The molecule has 0 radical (unpaired) electrons. The Morgan fingerprint density at radius 2 is 1.30 bits per heavy atom. The molecule has 0 N–H and O–H groups in total. The zero-order chi connectivity index (χ0) is 24.3. The van der Waals surface area contributed by atoms with E-state index in [-0.39, 0.29) is 0 Å². The summed E-state index contributed by atoms with van der Waals surface area (Å²) in [6, 6.07) is 42.9. The van der Waals surface area contributed by atoms with Crippen molar-refractivity contribution in [1.82, 2.24) is 4.57 Å². The smallest absolute Gasteiger partial charge is 0.0544 e. The van der Waals surface area contributed by atoms with Gasteiger partial charge in [-0.3, -0.25) is 0 Å². The van der Waals surface area contributed by atoms with E-state index in [0.717, 1.165) is 12.2 Å². The lowest BCUT2D eigenvalue weighted by Crippen LogP contribution is -1.99. The van der Waals surface area contributed by atoms with E-state index in [9.17, 15) is 0 Å². The van der Waals surface area contributed by atoms with Crippen LogP contribution in [0.4, 0.5) is 0 Å². The van der Waals surface area contributed by atoms with Gasteiger partial charge < -0.3 is 4.57 Å². The van der Waals surface area contributed by atoms with Crippen LogP contribution in [-0.2, 0) is 6.42 Å². The quantitative estimate of drug-likeness (QED) is 0.207. The second-order valence-electron chi connectivity index (χ2n) is 10.0. The molecule has 0 amide bonds. The number of fused-ring (bicyclic) bond motifs is 9. The molecule has 1 nitrogen and oxygen atoms in total. The van der Waals surface area contributed by atoms with E-state index in [4.69, 9.17) is 0 Å². The zero-order valence-electron chi connectivity index (χ0n) is 20.4. The van der Waals surface area contributed by atoms with Gasteiger partial charge in [0.25, 0.3) is 0 Å². The Morgan fingerprint density at radius 3 is 2.24 bits per heavy atom. The maximum absolute atomic E-state index is 2.48. The highest BCUT2D eigenvalue weighted by Crippen LogP contribution is 2.42. The number of aromatic nitrogens is 1. The average Bonchev–Trinajstić information content (AvgIpc) is 3.27. The van der Waals surface area contributed by atoms with Gasteiger partial charge in [0.15, 0.2) is 0 Å². The molecule has 0 unspecified atom stereocenters. The number of hydrogen-bond acceptors (Lipinski definition) is 1. The predicted molar refractivity (Wildman–Crippen MR) is 160 cm³/mol. The van der Waals surface area contributed by atoms with E-state index >= 15 is 0 Å². The number of aryl methyl sites for hydroxylation is 1. The lowest BCUT2D eigenvalue weighted by molar-refractivity contribution is 0.931. The van der Waals surface area contributed by atoms with Gasteiger partial charge >= 0.3 is 0 Å². The fourth-order valence-corrected chi connectivity index (χ4v) is 7.20. The second kappa shape index (κ2) is 8.26. The van der Waals surface area contributed by atoms with Crippen LogP contribution in [0.5, 0.6) is 0 Å². The molecule has 6 aromatic carbocycles. The lowest BCUT2D eigenvalue weighted by atomic mass is 9.94. The van der Waals surface area contributed by atoms with E-state index in [1.54, 1.807) is 0 Å². The average molecular weight is 492 g/mol. The van der Waals surface area contributed by atoms with Crippen molar-refractivity contribution in [2.45, 2.75) is 17.7 Å².